The summed E-state index contributed by atoms with van der Waals surface area (Å²) in [6.07, 6.45) is 4.37. The van der Waals surface area contributed by atoms with Crippen LogP contribution in [-0.2, 0) is 4.74 Å². The molecule has 0 unspecified atom stereocenters. The maximum absolute atomic E-state index is 10.9. The Bertz CT molecular complexity index is 509. The lowest BCUT2D eigenvalue weighted by Gasteiger charge is -2.36. The molecule has 0 bridgehead atoms. The zero-order valence-corrected chi connectivity index (χ0v) is 12.7. The first-order chi connectivity index (χ1) is 10.7. The van der Waals surface area contributed by atoms with E-state index >= 15 is 0 Å². The SMILES string of the molecule is O=[N+]([O-])c1cccc(N2CCC(NC3CCOCC3)CC2)c1. The molecule has 0 atom stereocenters. The number of non-ortho nitro benzene ring substituents is 1. The molecule has 22 heavy (non-hydrogen) atoms. The highest BCUT2D eigenvalue weighted by Crippen LogP contribution is 2.24. The molecule has 1 aromatic carbocycles. The number of hydrogen-bond acceptors (Lipinski definition) is 5. The van der Waals surface area contributed by atoms with Gasteiger partial charge in [0.25, 0.3) is 5.69 Å². The van der Waals surface area contributed by atoms with Gasteiger partial charge in [0.05, 0.1) is 4.92 Å². The van der Waals surface area contributed by atoms with E-state index in [4.69, 9.17) is 4.74 Å². The summed E-state index contributed by atoms with van der Waals surface area (Å²) in [4.78, 5) is 12.8. The highest BCUT2D eigenvalue weighted by Gasteiger charge is 2.23. The quantitative estimate of drug-likeness (QED) is 0.683. The van der Waals surface area contributed by atoms with E-state index in [2.05, 4.69) is 10.2 Å². The Labute approximate surface area is 130 Å². The zero-order chi connectivity index (χ0) is 15.4. The molecular formula is C16H23N3O3. The van der Waals surface area contributed by atoms with Crippen LogP contribution < -0.4 is 10.2 Å². The summed E-state index contributed by atoms with van der Waals surface area (Å²) in [7, 11) is 0. The van der Waals surface area contributed by atoms with Crippen molar-refractivity contribution in [1.82, 2.24) is 5.32 Å². The standard InChI is InChI=1S/C16H23N3O3/c20-19(21)16-3-1-2-15(12-16)18-8-4-13(5-9-18)17-14-6-10-22-11-7-14/h1-3,12-14,17H,4-11H2. The van der Waals surface area contributed by atoms with Gasteiger partial charge in [0.15, 0.2) is 0 Å². The van der Waals surface area contributed by atoms with Crippen molar-refractivity contribution in [3.63, 3.8) is 0 Å². The normalized spacial score (nSPS) is 21.0. The number of nitrogens with one attached hydrogen (secondary N) is 1. The predicted molar refractivity (Wildman–Crippen MR) is 85.3 cm³/mol. The van der Waals surface area contributed by atoms with Crippen LogP contribution in [0.1, 0.15) is 25.7 Å². The molecule has 0 radical (unpaired) electrons. The van der Waals surface area contributed by atoms with Crippen LogP contribution in [0, 0.1) is 10.1 Å². The second-order valence-electron chi connectivity index (χ2n) is 6.09. The zero-order valence-electron chi connectivity index (χ0n) is 12.7. The van der Waals surface area contributed by atoms with Gasteiger partial charge in [-0.3, -0.25) is 10.1 Å². The smallest absolute Gasteiger partial charge is 0.271 e. The molecule has 0 amide bonds. The van der Waals surface area contributed by atoms with E-state index in [0.717, 1.165) is 57.7 Å². The van der Waals surface area contributed by atoms with Crippen LogP contribution in [0.5, 0.6) is 0 Å². The van der Waals surface area contributed by atoms with Gasteiger partial charge in [-0.15, -0.1) is 0 Å². The molecule has 0 spiro atoms. The van der Waals surface area contributed by atoms with Crippen molar-refractivity contribution in [1.29, 1.82) is 0 Å². The number of piperidine rings is 1. The second kappa shape index (κ2) is 7.07. The van der Waals surface area contributed by atoms with Crippen LogP contribution in [0.15, 0.2) is 24.3 Å². The fraction of sp³-hybridized carbons (Fsp3) is 0.625. The van der Waals surface area contributed by atoms with Crippen molar-refractivity contribution in [3.05, 3.63) is 34.4 Å². The van der Waals surface area contributed by atoms with E-state index in [1.165, 1.54) is 0 Å². The van der Waals surface area contributed by atoms with Crippen molar-refractivity contribution in [3.8, 4) is 0 Å². The van der Waals surface area contributed by atoms with Crippen molar-refractivity contribution >= 4 is 11.4 Å². The van der Waals surface area contributed by atoms with Gasteiger partial charge < -0.3 is 15.0 Å². The monoisotopic (exact) mass is 305 g/mol. The summed E-state index contributed by atoms with van der Waals surface area (Å²) in [6, 6.07) is 8.08. The number of nitrogens with zero attached hydrogens (tertiary/aromatic N) is 2. The second-order valence-corrected chi connectivity index (χ2v) is 6.09. The largest absolute Gasteiger partial charge is 0.381 e. The average Bonchev–Trinajstić information content (AvgIpc) is 2.56. The number of anilines is 1. The molecule has 2 aliphatic rings. The number of nitro groups is 1. The molecule has 6 nitrogen and oxygen atoms in total. The number of ether oxygens (including phenoxy) is 1. The van der Waals surface area contributed by atoms with Crippen LogP contribution in [0.2, 0.25) is 0 Å². The lowest BCUT2D eigenvalue weighted by Crippen LogP contribution is -2.47. The number of rotatable bonds is 4. The van der Waals surface area contributed by atoms with Gasteiger partial charge in [0.1, 0.15) is 0 Å². The van der Waals surface area contributed by atoms with E-state index < -0.39 is 0 Å². The summed E-state index contributed by atoms with van der Waals surface area (Å²) < 4.78 is 5.39. The Kier molecular flexibility index (Phi) is 4.90. The molecule has 2 saturated heterocycles. The summed E-state index contributed by atoms with van der Waals surface area (Å²) >= 11 is 0. The summed E-state index contributed by atoms with van der Waals surface area (Å²) in [5.74, 6) is 0. The molecule has 0 aliphatic carbocycles. The van der Waals surface area contributed by atoms with E-state index in [1.807, 2.05) is 6.07 Å². The molecule has 120 valence electrons. The molecule has 3 rings (SSSR count). The van der Waals surface area contributed by atoms with E-state index in [0.29, 0.717) is 12.1 Å². The molecular weight excluding hydrogens is 282 g/mol. The van der Waals surface area contributed by atoms with Crippen LogP contribution in [0.3, 0.4) is 0 Å². The van der Waals surface area contributed by atoms with Crippen LogP contribution >= 0.6 is 0 Å². The van der Waals surface area contributed by atoms with Gasteiger partial charge in [-0.05, 0) is 31.7 Å². The third-order valence-corrected chi connectivity index (χ3v) is 4.59. The van der Waals surface area contributed by atoms with E-state index in [9.17, 15) is 10.1 Å². The highest BCUT2D eigenvalue weighted by molar-refractivity contribution is 5.53. The topological polar surface area (TPSA) is 67.6 Å². The summed E-state index contributed by atoms with van der Waals surface area (Å²) in [5.41, 5.74) is 1.12. The first-order valence-corrected chi connectivity index (χ1v) is 8.05. The Morgan fingerprint density at radius 2 is 1.82 bits per heavy atom. The third-order valence-electron chi connectivity index (χ3n) is 4.59. The minimum Gasteiger partial charge on any atom is -0.381 e. The Morgan fingerprint density at radius 3 is 2.50 bits per heavy atom. The van der Waals surface area contributed by atoms with Gasteiger partial charge in [0.2, 0.25) is 0 Å². The van der Waals surface area contributed by atoms with Crippen LogP contribution in [0.25, 0.3) is 0 Å². The maximum Gasteiger partial charge on any atom is 0.271 e. The first-order valence-electron chi connectivity index (χ1n) is 8.05. The van der Waals surface area contributed by atoms with Crippen LogP contribution in [-0.4, -0.2) is 43.3 Å². The molecule has 1 aromatic rings. The molecule has 1 N–H and O–H groups in total. The summed E-state index contributed by atoms with van der Waals surface area (Å²) in [6.45, 7) is 3.62. The van der Waals surface area contributed by atoms with Crippen molar-refractivity contribution in [2.45, 2.75) is 37.8 Å². The average molecular weight is 305 g/mol. The summed E-state index contributed by atoms with van der Waals surface area (Å²) in [5, 5.41) is 14.6. The predicted octanol–water partition coefficient (Wildman–Crippen LogP) is 2.33. The molecule has 2 fully saturated rings. The lowest BCUT2D eigenvalue weighted by molar-refractivity contribution is -0.384. The van der Waals surface area contributed by atoms with Crippen molar-refractivity contribution in [2.75, 3.05) is 31.2 Å². The van der Waals surface area contributed by atoms with Gasteiger partial charge in [0, 0.05) is 56.2 Å². The maximum atomic E-state index is 10.9. The lowest BCUT2D eigenvalue weighted by atomic mass is 10.0. The van der Waals surface area contributed by atoms with Gasteiger partial charge in [-0.25, -0.2) is 0 Å². The molecule has 0 aromatic heterocycles. The fourth-order valence-electron chi connectivity index (χ4n) is 3.31. The molecule has 6 heteroatoms. The van der Waals surface area contributed by atoms with E-state index in [-0.39, 0.29) is 10.6 Å². The van der Waals surface area contributed by atoms with Crippen molar-refractivity contribution in [2.24, 2.45) is 0 Å². The van der Waals surface area contributed by atoms with Gasteiger partial charge in [-0.1, -0.05) is 6.07 Å². The number of nitro benzene ring substituents is 1. The number of benzene rings is 1. The minimum atomic E-state index is -0.330. The Hall–Kier alpha value is -1.66. The molecule has 2 aliphatic heterocycles. The van der Waals surface area contributed by atoms with Gasteiger partial charge >= 0.3 is 0 Å². The van der Waals surface area contributed by atoms with Crippen LogP contribution in [0.4, 0.5) is 11.4 Å². The fourth-order valence-corrected chi connectivity index (χ4v) is 3.31. The molecule has 0 saturated carbocycles. The Morgan fingerprint density at radius 1 is 1.14 bits per heavy atom. The Balaban J connectivity index is 1.52. The number of hydrogen-bond donors (Lipinski definition) is 1. The first kappa shape index (κ1) is 15.2. The molecule has 2 heterocycles. The van der Waals surface area contributed by atoms with Crippen molar-refractivity contribution < 1.29 is 9.66 Å². The highest BCUT2D eigenvalue weighted by atomic mass is 16.6. The third kappa shape index (κ3) is 3.75. The van der Waals surface area contributed by atoms with Gasteiger partial charge in [-0.2, -0.15) is 0 Å². The minimum absolute atomic E-state index is 0.167. The van der Waals surface area contributed by atoms with E-state index in [1.54, 1.807) is 18.2 Å².